The minimum absolute atomic E-state index is 0.122. The SMILES string of the molecule is COc1cc(C(=O)c2c[nH]c3cc(Br)ccc23)cc(OC)c1OC. The van der Waals surface area contributed by atoms with Crippen LogP contribution in [-0.2, 0) is 0 Å². The highest BCUT2D eigenvalue weighted by atomic mass is 79.9. The van der Waals surface area contributed by atoms with E-state index in [1.807, 2.05) is 18.2 Å². The number of hydrogen-bond donors (Lipinski definition) is 1. The molecule has 2 aromatic carbocycles. The highest BCUT2D eigenvalue weighted by molar-refractivity contribution is 9.10. The lowest BCUT2D eigenvalue weighted by atomic mass is 10.0. The molecule has 0 aliphatic heterocycles. The number of nitrogens with one attached hydrogen (secondary N) is 1. The Kier molecular flexibility index (Phi) is 4.49. The molecule has 0 unspecified atom stereocenters. The highest BCUT2D eigenvalue weighted by Crippen LogP contribution is 2.39. The normalized spacial score (nSPS) is 10.7. The summed E-state index contributed by atoms with van der Waals surface area (Å²) in [6.07, 6.45) is 1.71. The lowest BCUT2D eigenvalue weighted by Crippen LogP contribution is -2.03. The van der Waals surface area contributed by atoms with E-state index in [-0.39, 0.29) is 5.78 Å². The summed E-state index contributed by atoms with van der Waals surface area (Å²) in [6.45, 7) is 0. The van der Waals surface area contributed by atoms with Crippen LogP contribution in [0.5, 0.6) is 17.2 Å². The van der Waals surface area contributed by atoms with Crippen molar-refractivity contribution in [3.8, 4) is 17.2 Å². The van der Waals surface area contributed by atoms with Crippen LogP contribution in [0.4, 0.5) is 0 Å². The molecule has 0 amide bonds. The third kappa shape index (κ3) is 2.73. The standard InChI is InChI=1S/C18H16BrNO4/c1-22-15-6-10(7-16(23-2)18(15)24-3)17(21)13-9-20-14-8-11(19)4-5-12(13)14/h4-9,20H,1-3H3. The molecular weight excluding hydrogens is 374 g/mol. The predicted octanol–water partition coefficient (Wildman–Crippen LogP) is 4.19. The molecule has 0 aliphatic carbocycles. The van der Waals surface area contributed by atoms with Gasteiger partial charge >= 0.3 is 0 Å². The number of methoxy groups -OCH3 is 3. The van der Waals surface area contributed by atoms with Gasteiger partial charge in [-0.25, -0.2) is 0 Å². The molecule has 1 aromatic heterocycles. The first-order valence-electron chi connectivity index (χ1n) is 7.20. The smallest absolute Gasteiger partial charge is 0.203 e. The van der Waals surface area contributed by atoms with Crippen molar-refractivity contribution >= 4 is 32.6 Å². The van der Waals surface area contributed by atoms with Gasteiger partial charge in [-0.1, -0.05) is 22.0 Å². The van der Waals surface area contributed by atoms with Crippen molar-refractivity contribution in [2.45, 2.75) is 0 Å². The van der Waals surface area contributed by atoms with Crippen molar-refractivity contribution < 1.29 is 19.0 Å². The quantitative estimate of drug-likeness (QED) is 0.664. The van der Waals surface area contributed by atoms with Crippen LogP contribution in [0.3, 0.4) is 0 Å². The van der Waals surface area contributed by atoms with Gasteiger partial charge in [0.25, 0.3) is 0 Å². The molecule has 0 saturated heterocycles. The molecule has 3 rings (SSSR count). The van der Waals surface area contributed by atoms with Gasteiger partial charge in [0.15, 0.2) is 17.3 Å². The van der Waals surface area contributed by atoms with Gasteiger partial charge in [-0.15, -0.1) is 0 Å². The monoisotopic (exact) mass is 389 g/mol. The fourth-order valence-corrected chi connectivity index (χ4v) is 3.02. The second-order valence-electron chi connectivity index (χ2n) is 5.14. The highest BCUT2D eigenvalue weighted by Gasteiger charge is 2.20. The molecule has 6 heteroatoms. The largest absolute Gasteiger partial charge is 0.493 e. The Morgan fingerprint density at radius 2 is 1.67 bits per heavy atom. The number of benzene rings is 2. The second-order valence-corrected chi connectivity index (χ2v) is 6.05. The van der Waals surface area contributed by atoms with E-state index in [2.05, 4.69) is 20.9 Å². The number of carbonyl (C=O) groups is 1. The Labute approximate surface area is 147 Å². The molecule has 24 heavy (non-hydrogen) atoms. The molecule has 0 bridgehead atoms. The van der Waals surface area contributed by atoms with Crippen LogP contribution in [0, 0.1) is 0 Å². The van der Waals surface area contributed by atoms with Gasteiger partial charge in [0.2, 0.25) is 5.75 Å². The molecule has 0 spiro atoms. The maximum Gasteiger partial charge on any atom is 0.203 e. The zero-order valence-electron chi connectivity index (χ0n) is 13.5. The first-order chi connectivity index (χ1) is 11.6. The number of halogens is 1. The van der Waals surface area contributed by atoms with Gasteiger partial charge in [-0.2, -0.15) is 0 Å². The van der Waals surface area contributed by atoms with Crippen LogP contribution in [0.1, 0.15) is 15.9 Å². The van der Waals surface area contributed by atoms with Crippen LogP contribution in [0.25, 0.3) is 10.9 Å². The summed E-state index contributed by atoms with van der Waals surface area (Å²) in [5.74, 6) is 1.23. The molecule has 5 nitrogen and oxygen atoms in total. The first kappa shape index (κ1) is 16.4. The van der Waals surface area contributed by atoms with Crippen molar-refractivity contribution in [3.05, 3.63) is 52.1 Å². The van der Waals surface area contributed by atoms with Crippen molar-refractivity contribution in [1.82, 2.24) is 4.98 Å². The van der Waals surface area contributed by atoms with Crippen molar-refractivity contribution in [2.75, 3.05) is 21.3 Å². The second kappa shape index (κ2) is 6.57. The maximum absolute atomic E-state index is 13.0. The molecular formula is C18H16BrNO4. The number of ketones is 1. The van der Waals surface area contributed by atoms with Crippen LogP contribution in [0.2, 0.25) is 0 Å². The lowest BCUT2D eigenvalue weighted by molar-refractivity contribution is 0.103. The molecule has 1 heterocycles. The number of carbonyl (C=O) groups excluding carboxylic acids is 1. The van der Waals surface area contributed by atoms with Crippen LogP contribution in [-0.4, -0.2) is 32.1 Å². The van der Waals surface area contributed by atoms with Gasteiger partial charge in [-0.3, -0.25) is 4.79 Å². The van der Waals surface area contributed by atoms with Crippen molar-refractivity contribution in [1.29, 1.82) is 0 Å². The van der Waals surface area contributed by atoms with E-state index in [1.165, 1.54) is 21.3 Å². The summed E-state index contributed by atoms with van der Waals surface area (Å²) in [4.78, 5) is 16.1. The molecule has 0 radical (unpaired) electrons. The van der Waals surface area contributed by atoms with E-state index < -0.39 is 0 Å². The molecule has 0 fully saturated rings. The van der Waals surface area contributed by atoms with Gasteiger partial charge in [0.05, 0.1) is 21.3 Å². The van der Waals surface area contributed by atoms with E-state index in [4.69, 9.17) is 14.2 Å². The number of fused-ring (bicyclic) bond motifs is 1. The summed E-state index contributed by atoms with van der Waals surface area (Å²) >= 11 is 3.43. The van der Waals surface area contributed by atoms with E-state index in [0.717, 1.165) is 15.4 Å². The van der Waals surface area contributed by atoms with Gasteiger partial charge < -0.3 is 19.2 Å². The molecule has 124 valence electrons. The van der Waals surface area contributed by atoms with Gasteiger partial charge in [-0.05, 0) is 24.3 Å². The number of aromatic amines is 1. The number of hydrogen-bond acceptors (Lipinski definition) is 4. The Bertz CT molecular complexity index is 892. The molecule has 3 aromatic rings. The summed E-state index contributed by atoms with van der Waals surface area (Å²) in [5, 5.41) is 0.858. The van der Waals surface area contributed by atoms with Crippen LogP contribution >= 0.6 is 15.9 Å². The third-order valence-corrected chi connectivity index (χ3v) is 4.31. The van der Waals surface area contributed by atoms with Gasteiger partial charge in [0.1, 0.15) is 0 Å². The molecule has 0 aliphatic rings. The number of H-pyrrole nitrogens is 1. The number of ether oxygens (including phenoxy) is 3. The summed E-state index contributed by atoms with van der Waals surface area (Å²) in [5.41, 5.74) is 1.94. The molecule has 1 N–H and O–H groups in total. The molecule has 0 saturated carbocycles. The van der Waals surface area contributed by atoms with Gasteiger partial charge in [0, 0.05) is 32.7 Å². The fraction of sp³-hybridized carbons (Fsp3) is 0.167. The van der Waals surface area contributed by atoms with E-state index >= 15 is 0 Å². The average Bonchev–Trinajstić information content (AvgIpc) is 3.02. The zero-order chi connectivity index (χ0) is 17.3. The Hall–Kier alpha value is -2.47. The minimum atomic E-state index is -0.122. The van der Waals surface area contributed by atoms with Crippen LogP contribution < -0.4 is 14.2 Å². The zero-order valence-corrected chi connectivity index (χ0v) is 15.1. The number of aromatic nitrogens is 1. The summed E-state index contributed by atoms with van der Waals surface area (Å²) in [7, 11) is 4.57. The average molecular weight is 390 g/mol. The Morgan fingerprint density at radius 3 is 2.25 bits per heavy atom. The van der Waals surface area contributed by atoms with E-state index in [0.29, 0.717) is 28.4 Å². The fourth-order valence-electron chi connectivity index (χ4n) is 2.65. The van der Waals surface area contributed by atoms with E-state index in [9.17, 15) is 4.79 Å². The third-order valence-electron chi connectivity index (χ3n) is 3.82. The van der Waals surface area contributed by atoms with Crippen molar-refractivity contribution in [2.24, 2.45) is 0 Å². The topological polar surface area (TPSA) is 60.6 Å². The minimum Gasteiger partial charge on any atom is -0.493 e. The number of rotatable bonds is 5. The Morgan fingerprint density at radius 1 is 1.00 bits per heavy atom. The first-order valence-corrected chi connectivity index (χ1v) is 7.99. The van der Waals surface area contributed by atoms with Crippen molar-refractivity contribution in [3.63, 3.8) is 0 Å². The Balaban J connectivity index is 2.12. The molecule has 0 atom stereocenters. The summed E-state index contributed by atoms with van der Waals surface area (Å²) < 4.78 is 16.9. The van der Waals surface area contributed by atoms with E-state index in [1.54, 1.807) is 18.3 Å². The lowest BCUT2D eigenvalue weighted by Gasteiger charge is -2.13. The maximum atomic E-state index is 13.0. The van der Waals surface area contributed by atoms with Crippen LogP contribution in [0.15, 0.2) is 41.0 Å². The predicted molar refractivity (Wildman–Crippen MR) is 95.5 cm³/mol. The summed E-state index contributed by atoms with van der Waals surface area (Å²) in [6, 6.07) is 9.05.